The minimum Gasteiger partial charge on any atom is -0.481 e. The number of carboxylic acid groups (broad SMARTS) is 1. The van der Waals surface area contributed by atoms with Crippen molar-refractivity contribution in [2.75, 3.05) is 20.1 Å². The summed E-state index contributed by atoms with van der Waals surface area (Å²) >= 11 is 0. The molecular weight excluding hydrogens is 262 g/mol. The summed E-state index contributed by atoms with van der Waals surface area (Å²) in [5.41, 5.74) is 5.20. The van der Waals surface area contributed by atoms with E-state index in [4.69, 9.17) is 10.8 Å². The SMILES string of the molecule is CC(CN(C)C(=O)N(CC(N)=O)C1CCCC1)C(=O)O. The first-order chi connectivity index (χ1) is 9.32. The van der Waals surface area contributed by atoms with Crippen molar-refractivity contribution in [3.05, 3.63) is 0 Å². The molecule has 1 fully saturated rings. The zero-order valence-electron chi connectivity index (χ0n) is 12.0. The van der Waals surface area contributed by atoms with Crippen molar-refractivity contribution in [1.82, 2.24) is 9.80 Å². The van der Waals surface area contributed by atoms with Crippen LogP contribution in [0.5, 0.6) is 0 Å². The summed E-state index contributed by atoms with van der Waals surface area (Å²) < 4.78 is 0. The van der Waals surface area contributed by atoms with Crippen LogP contribution in [0, 0.1) is 5.92 Å². The van der Waals surface area contributed by atoms with E-state index in [-0.39, 0.29) is 25.2 Å². The fraction of sp³-hybridized carbons (Fsp3) is 0.769. The van der Waals surface area contributed by atoms with Crippen LogP contribution in [-0.4, -0.2) is 59.0 Å². The van der Waals surface area contributed by atoms with E-state index < -0.39 is 17.8 Å². The van der Waals surface area contributed by atoms with Gasteiger partial charge in [0.1, 0.15) is 6.54 Å². The number of amides is 3. The average molecular weight is 285 g/mol. The molecule has 1 aliphatic rings. The van der Waals surface area contributed by atoms with Crippen LogP contribution >= 0.6 is 0 Å². The molecule has 7 heteroatoms. The van der Waals surface area contributed by atoms with Gasteiger partial charge in [-0.05, 0) is 12.8 Å². The highest BCUT2D eigenvalue weighted by Gasteiger charge is 2.30. The molecule has 0 saturated heterocycles. The Hall–Kier alpha value is -1.79. The van der Waals surface area contributed by atoms with Gasteiger partial charge >= 0.3 is 12.0 Å². The first-order valence-electron chi connectivity index (χ1n) is 6.85. The molecule has 0 aromatic rings. The third-order valence-corrected chi connectivity index (χ3v) is 3.63. The summed E-state index contributed by atoms with van der Waals surface area (Å²) in [6.07, 6.45) is 3.79. The predicted molar refractivity (Wildman–Crippen MR) is 73.0 cm³/mol. The highest BCUT2D eigenvalue weighted by atomic mass is 16.4. The molecule has 1 rings (SSSR count). The minimum absolute atomic E-state index is 0.0255. The van der Waals surface area contributed by atoms with E-state index in [0.29, 0.717) is 0 Å². The lowest BCUT2D eigenvalue weighted by atomic mass is 10.1. The van der Waals surface area contributed by atoms with Crippen molar-refractivity contribution < 1.29 is 19.5 Å². The van der Waals surface area contributed by atoms with E-state index in [9.17, 15) is 14.4 Å². The number of nitrogens with two attached hydrogens (primary N) is 1. The second kappa shape index (κ2) is 7.12. The first kappa shape index (κ1) is 16.3. The lowest BCUT2D eigenvalue weighted by Gasteiger charge is -2.32. The van der Waals surface area contributed by atoms with Gasteiger partial charge < -0.3 is 20.6 Å². The van der Waals surface area contributed by atoms with Crippen LogP contribution in [0.4, 0.5) is 4.79 Å². The Morgan fingerprint density at radius 3 is 2.30 bits per heavy atom. The third-order valence-electron chi connectivity index (χ3n) is 3.63. The number of carbonyl (C=O) groups is 3. The lowest BCUT2D eigenvalue weighted by molar-refractivity contribution is -0.141. The molecule has 1 unspecified atom stereocenters. The third kappa shape index (κ3) is 4.40. The molecule has 1 atom stereocenters. The Balaban J connectivity index is 2.70. The van der Waals surface area contributed by atoms with Crippen LogP contribution in [-0.2, 0) is 9.59 Å². The van der Waals surface area contributed by atoms with Crippen molar-refractivity contribution >= 4 is 17.9 Å². The largest absolute Gasteiger partial charge is 0.481 e. The van der Waals surface area contributed by atoms with E-state index >= 15 is 0 Å². The molecule has 0 radical (unpaired) electrons. The number of carbonyl (C=O) groups excluding carboxylic acids is 2. The molecule has 0 bridgehead atoms. The van der Waals surface area contributed by atoms with Crippen LogP contribution in [0.15, 0.2) is 0 Å². The number of carboxylic acids is 1. The van der Waals surface area contributed by atoms with Gasteiger partial charge in [-0.2, -0.15) is 0 Å². The van der Waals surface area contributed by atoms with Gasteiger partial charge in [-0.3, -0.25) is 9.59 Å². The smallest absolute Gasteiger partial charge is 0.320 e. The lowest BCUT2D eigenvalue weighted by Crippen LogP contribution is -2.50. The Bertz CT molecular complexity index is 380. The Morgan fingerprint density at radius 1 is 1.30 bits per heavy atom. The summed E-state index contributed by atoms with van der Waals surface area (Å²) in [7, 11) is 1.55. The van der Waals surface area contributed by atoms with Gasteiger partial charge in [0.2, 0.25) is 5.91 Å². The molecule has 7 nitrogen and oxygen atoms in total. The van der Waals surface area contributed by atoms with Crippen LogP contribution in [0.25, 0.3) is 0 Å². The molecule has 0 aliphatic heterocycles. The van der Waals surface area contributed by atoms with E-state index in [1.54, 1.807) is 14.0 Å². The number of urea groups is 1. The van der Waals surface area contributed by atoms with Gasteiger partial charge in [0.05, 0.1) is 5.92 Å². The zero-order valence-corrected chi connectivity index (χ0v) is 12.0. The first-order valence-corrected chi connectivity index (χ1v) is 6.85. The topological polar surface area (TPSA) is 104 Å². The average Bonchev–Trinajstić information content (AvgIpc) is 2.88. The molecule has 1 aliphatic carbocycles. The monoisotopic (exact) mass is 285 g/mol. The highest BCUT2D eigenvalue weighted by Crippen LogP contribution is 2.24. The fourth-order valence-corrected chi connectivity index (χ4v) is 2.52. The van der Waals surface area contributed by atoms with Crippen molar-refractivity contribution in [3.8, 4) is 0 Å². The molecular formula is C13H23N3O4. The van der Waals surface area contributed by atoms with Gasteiger partial charge in [0.25, 0.3) is 0 Å². The summed E-state index contributed by atoms with van der Waals surface area (Å²) in [4.78, 5) is 37.2. The molecule has 20 heavy (non-hydrogen) atoms. The second-order valence-corrected chi connectivity index (χ2v) is 5.43. The summed E-state index contributed by atoms with van der Waals surface area (Å²) in [6, 6.07) is -0.304. The van der Waals surface area contributed by atoms with E-state index in [2.05, 4.69) is 0 Å². The molecule has 0 heterocycles. The van der Waals surface area contributed by atoms with Crippen molar-refractivity contribution in [3.63, 3.8) is 0 Å². The molecule has 0 aromatic carbocycles. The van der Waals surface area contributed by atoms with Crippen LogP contribution in [0.2, 0.25) is 0 Å². The van der Waals surface area contributed by atoms with E-state index in [1.807, 2.05) is 0 Å². The van der Waals surface area contributed by atoms with E-state index in [0.717, 1.165) is 25.7 Å². The minimum atomic E-state index is -0.952. The van der Waals surface area contributed by atoms with Gasteiger partial charge in [-0.1, -0.05) is 19.8 Å². The maximum Gasteiger partial charge on any atom is 0.320 e. The Morgan fingerprint density at radius 2 is 1.85 bits per heavy atom. The summed E-state index contributed by atoms with van der Waals surface area (Å²) in [5, 5.41) is 8.88. The molecule has 3 amide bonds. The molecule has 1 saturated carbocycles. The molecule has 0 spiro atoms. The van der Waals surface area contributed by atoms with Gasteiger partial charge in [0, 0.05) is 19.6 Å². The quantitative estimate of drug-likeness (QED) is 0.741. The summed E-state index contributed by atoms with van der Waals surface area (Å²) in [5.74, 6) is -2.15. The molecule has 3 N–H and O–H groups in total. The van der Waals surface area contributed by atoms with Crippen molar-refractivity contribution in [1.29, 1.82) is 0 Å². The maximum absolute atomic E-state index is 12.4. The normalized spacial score (nSPS) is 16.7. The Kier molecular flexibility index (Phi) is 5.79. The van der Waals surface area contributed by atoms with Crippen LogP contribution < -0.4 is 5.73 Å². The van der Waals surface area contributed by atoms with E-state index in [1.165, 1.54) is 9.80 Å². The fourth-order valence-electron chi connectivity index (χ4n) is 2.52. The number of primary amides is 1. The summed E-state index contributed by atoms with van der Waals surface area (Å²) in [6.45, 7) is 1.53. The Labute approximate surface area is 118 Å². The van der Waals surface area contributed by atoms with Gasteiger partial charge in [-0.25, -0.2) is 4.79 Å². The number of nitrogens with zero attached hydrogens (tertiary/aromatic N) is 2. The highest BCUT2D eigenvalue weighted by molar-refractivity contribution is 5.83. The number of hydrogen-bond acceptors (Lipinski definition) is 3. The van der Waals surface area contributed by atoms with Gasteiger partial charge in [-0.15, -0.1) is 0 Å². The number of hydrogen-bond donors (Lipinski definition) is 2. The van der Waals surface area contributed by atoms with Crippen LogP contribution in [0.3, 0.4) is 0 Å². The number of aliphatic carboxylic acids is 1. The number of rotatable bonds is 6. The maximum atomic E-state index is 12.4. The second-order valence-electron chi connectivity index (χ2n) is 5.43. The van der Waals surface area contributed by atoms with Crippen LogP contribution in [0.1, 0.15) is 32.6 Å². The standard InChI is InChI=1S/C13H23N3O4/c1-9(12(18)19)7-15(2)13(20)16(8-11(14)17)10-5-3-4-6-10/h9-10H,3-8H2,1-2H3,(H2,14,17)(H,18,19). The molecule has 0 aromatic heterocycles. The van der Waals surface area contributed by atoms with Gasteiger partial charge in [0.15, 0.2) is 0 Å². The predicted octanol–water partition coefficient (Wildman–Crippen LogP) is 0.489. The molecule has 114 valence electrons. The van der Waals surface area contributed by atoms with Crippen molar-refractivity contribution in [2.24, 2.45) is 11.7 Å². The van der Waals surface area contributed by atoms with Crippen molar-refractivity contribution in [2.45, 2.75) is 38.6 Å². The zero-order chi connectivity index (χ0) is 15.3.